The fraction of sp³-hybridized carbons (Fsp3) is 0.500. The molecular formula is C12H16ClN3O3. The average molecular weight is 286 g/mol. The molecule has 1 amide bonds. The molecule has 19 heavy (non-hydrogen) atoms. The average Bonchev–Trinajstić information content (AvgIpc) is 2.38. The summed E-state index contributed by atoms with van der Waals surface area (Å²) in [6.07, 6.45) is 3.10. The van der Waals surface area contributed by atoms with Crippen LogP contribution in [0.1, 0.15) is 37.0 Å². The summed E-state index contributed by atoms with van der Waals surface area (Å²) in [4.78, 5) is 27.8. The Hall–Kier alpha value is -1.69. The van der Waals surface area contributed by atoms with Gasteiger partial charge in [0.1, 0.15) is 5.56 Å². The molecule has 1 heterocycles. The van der Waals surface area contributed by atoms with Crippen LogP contribution in [-0.2, 0) is 0 Å². The van der Waals surface area contributed by atoms with E-state index in [0.717, 1.165) is 12.8 Å². The summed E-state index contributed by atoms with van der Waals surface area (Å²) in [6, 6.07) is 1.33. The number of unbranched alkanes of at least 4 members (excludes halogenated alkanes) is 1. The fourth-order valence-corrected chi connectivity index (χ4v) is 1.92. The van der Waals surface area contributed by atoms with Crippen LogP contribution in [0.15, 0.2) is 12.3 Å². The van der Waals surface area contributed by atoms with Crippen molar-refractivity contribution in [1.82, 2.24) is 9.88 Å². The third kappa shape index (κ3) is 3.64. The Morgan fingerprint density at radius 1 is 1.53 bits per heavy atom. The molecule has 0 spiro atoms. The highest BCUT2D eigenvalue weighted by atomic mass is 35.5. The second kappa shape index (κ2) is 7.04. The Morgan fingerprint density at radius 3 is 2.74 bits per heavy atom. The van der Waals surface area contributed by atoms with Crippen LogP contribution in [0.25, 0.3) is 0 Å². The van der Waals surface area contributed by atoms with E-state index >= 15 is 0 Å². The zero-order valence-corrected chi connectivity index (χ0v) is 11.7. The van der Waals surface area contributed by atoms with Crippen LogP contribution in [0.3, 0.4) is 0 Å². The van der Waals surface area contributed by atoms with Crippen molar-refractivity contribution in [2.45, 2.75) is 26.7 Å². The summed E-state index contributed by atoms with van der Waals surface area (Å²) in [5.41, 5.74) is -0.438. The van der Waals surface area contributed by atoms with Gasteiger partial charge in [0.25, 0.3) is 5.91 Å². The smallest absolute Gasteiger partial charge is 0.319 e. The Labute approximate surface area is 116 Å². The SMILES string of the molecule is CCCCN(CC)C(=O)c1ccnc(Cl)c1[N+](=O)[O-]. The minimum absolute atomic E-state index is 0.0112. The number of halogens is 1. The molecule has 1 rings (SSSR count). The minimum Gasteiger partial charge on any atom is -0.339 e. The summed E-state index contributed by atoms with van der Waals surface area (Å²) >= 11 is 5.70. The van der Waals surface area contributed by atoms with E-state index in [1.165, 1.54) is 12.3 Å². The molecular weight excluding hydrogens is 270 g/mol. The number of rotatable bonds is 6. The number of nitrogens with zero attached hydrogens (tertiary/aromatic N) is 3. The lowest BCUT2D eigenvalue weighted by molar-refractivity contribution is -0.385. The van der Waals surface area contributed by atoms with Crippen LogP contribution in [0.2, 0.25) is 5.15 Å². The lowest BCUT2D eigenvalue weighted by atomic mass is 10.2. The van der Waals surface area contributed by atoms with Gasteiger partial charge >= 0.3 is 5.69 Å². The summed E-state index contributed by atoms with van der Waals surface area (Å²) in [5, 5.41) is 10.7. The van der Waals surface area contributed by atoms with Crippen LogP contribution in [-0.4, -0.2) is 33.8 Å². The standard InChI is InChI=1S/C12H16ClN3O3/c1-3-5-8-15(4-2)12(17)9-6-7-14-11(13)10(9)16(18)19/h6-7H,3-5,8H2,1-2H3. The lowest BCUT2D eigenvalue weighted by Crippen LogP contribution is -2.32. The number of nitro groups is 1. The van der Waals surface area contributed by atoms with Crippen molar-refractivity contribution in [1.29, 1.82) is 0 Å². The number of aromatic nitrogens is 1. The summed E-state index contributed by atoms with van der Waals surface area (Å²) in [7, 11) is 0. The molecule has 0 aliphatic carbocycles. The molecule has 0 aromatic carbocycles. The highest BCUT2D eigenvalue weighted by Crippen LogP contribution is 2.27. The molecule has 0 aliphatic rings. The van der Waals surface area contributed by atoms with Gasteiger partial charge < -0.3 is 4.90 Å². The monoisotopic (exact) mass is 285 g/mol. The van der Waals surface area contributed by atoms with Crippen molar-refractivity contribution in [2.24, 2.45) is 0 Å². The minimum atomic E-state index is -0.670. The Bertz CT molecular complexity index is 479. The molecule has 7 heteroatoms. The van der Waals surface area contributed by atoms with E-state index in [1.54, 1.807) is 4.90 Å². The van der Waals surface area contributed by atoms with Gasteiger partial charge in [-0.1, -0.05) is 24.9 Å². The van der Waals surface area contributed by atoms with Gasteiger partial charge in [-0.2, -0.15) is 0 Å². The maximum Gasteiger partial charge on any atom is 0.319 e. The van der Waals surface area contributed by atoms with Crippen LogP contribution < -0.4 is 0 Å². The first-order valence-electron chi connectivity index (χ1n) is 6.11. The fourth-order valence-electron chi connectivity index (χ4n) is 1.70. The predicted molar refractivity (Wildman–Crippen MR) is 72.4 cm³/mol. The highest BCUT2D eigenvalue weighted by molar-refractivity contribution is 6.32. The largest absolute Gasteiger partial charge is 0.339 e. The quantitative estimate of drug-likeness (QED) is 0.457. The molecule has 0 atom stereocenters. The maximum absolute atomic E-state index is 12.3. The number of carbonyl (C=O) groups excluding carboxylic acids is 1. The van der Waals surface area contributed by atoms with Crippen molar-refractivity contribution in [3.8, 4) is 0 Å². The first-order valence-corrected chi connectivity index (χ1v) is 6.48. The Balaban J connectivity index is 3.11. The maximum atomic E-state index is 12.3. The van der Waals surface area contributed by atoms with Crippen LogP contribution in [0.5, 0.6) is 0 Å². The van der Waals surface area contributed by atoms with E-state index in [-0.39, 0.29) is 16.6 Å². The van der Waals surface area contributed by atoms with Crippen molar-refractivity contribution < 1.29 is 9.72 Å². The number of pyridine rings is 1. The van der Waals surface area contributed by atoms with Crippen LogP contribution in [0, 0.1) is 10.1 Å². The lowest BCUT2D eigenvalue weighted by Gasteiger charge is -2.20. The van der Waals surface area contributed by atoms with Crippen LogP contribution >= 0.6 is 11.6 Å². The molecule has 1 aromatic heterocycles. The van der Waals surface area contributed by atoms with Gasteiger partial charge in [-0.25, -0.2) is 4.98 Å². The molecule has 0 saturated carbocycles. The third-order valence-corrected chi connectivity index (χ3v) is 3.02. The highest BCUT2D eigenvalue weighted by Gasteiger charge is 2.27. The molecule has 0 aliphatic heterocycles. The van der Waals surface area contributed by atoms with Gasteiger partial charge in [0.05, 0.1) is 4.92 Å². The third-order valence-electron chi connectivity index (χ3n) is 2.74. The molecule has 0 fully saturated rings. The van der Waals surface area contributed by atoms with Crippen molar-refractivity contribution in [3.05, 3.63) is 33.1 Å². The van der Waals surface area contributed by atoms with Crippen molar-refractivity contribution in [2.75, 3.05) is 13.1 Å². The summed E-state index contributed by atoms with van der Waals surface area (Å²) in [6.45, 7) is 4.92. The summed E-state index contributed by atoms with van der Waals surface area (Å²) in [5.74, 6) is -0.382. The zero-order valence-electron chi connectivity index (χ0n) is 10.9. The predicted octanol–water partition coefficient (Wildman–Crippen LogP) is 2.91. The van der Waals surface area contributed by atoms with Crippen molar-refractivity contribution >= 4 is 23.2 Å². The molecule has 1 aromatic rings. The van der Waals surface area contributed by atoms with Gasteiger partial charge in [0, 0.05) is 19.3 Å². The first kappa shape index (κ1) is 15.4. The van der Waals surface area contributed by atoms with E-state index in [9.17, 15) is 14.9 Å². The van der Waals surface area contributed by atoms with E-state index in [4.69, 9.17) is 11.6 Å². The van der Waals surface area contributed by atoms with E-state index < -0.39 is 10.6 Å². The molecule has 0 saturated heterocycles. The van der Waals surface area contributed by atoms with Gasteiger partial charge in [0.15, 0.2) is 0 Å². The van der Waals surface area contributed by atoms with Gasteiger partial charge in [-0.3, -0.25) is 14.9 Å². The number of amides is 1. The van der Waals surface area contributed by atoms with E-state index in [2.05, 4.69) is 4.98 Å². The Morgan fingerprint density at radius 2 is 2.21 bits per heavy atom. The van der Waals surface area contributed by atoms with E-state index in [1.807, 2.05) is 13.8 Å². The normalized spacial score (nSPS) is 10.3. The summed E-state index contributed by atoms with van der Waals surface area (Å²) < 4.78 is 0. The topological polar surface area (TPSA) is 76.3 Å². The van der Waals surface area contributed by atoms with Gasteiger partial charge in [-0.05, 0) is 19.4 Å². The molecule has 104 valence electrons. The molecule has 0 radical (unpaired) electrons. The second-order valence-corrected chi connectivity index (χ2v) is 4.35. The van der Waals surface area contributed by atoms with Crippen LogP contribution in [0.4, 0.5) is 5.69 Å². The molecule has 0 unspecified atom stereocenters. The number of carbonyl (C=O) groups is 1. The van der Waals surface area contributed by atoms with Gasteiger partial charge in [-0.15, -0.1) is 0 Å². The molecule has 0 N–H and O–H groups in total. The Kier molecular flexibility index (Phi) is 5.69. The molecule has 0 bridgehead atoms. The molecule has 6 nitrogen and oxygen atoms in total. The van der Waals surface area contributed by atoms with Crippen molar-refractivity contribution in [3.63, 3.8) is 0 Å². The second-order valence-electron chi connectivity index (χ2n) is 3.99. The number of hydrogen-bond acceptors (Lipinski definition) is 4. The van der Waals surface area contributed by atoms with E-state index in [0.29, 0.717) is 13.1 Å². The zero-order chi connectivity index (χ0) is 14.4. The van der Waals surface area contributed by atoms with Gasteiger partial charge in [0.2, 0.25) is 5.15 Å². The number of hydrogen-bond donors (Lipinski definition) is 0. The first-order chi connectivity index (χ1) is 9.02.